The molecular formula is C19H13BrO3. The highest BCUT2D eigenvalue weighted by atomic mass is 79.9. The number of hydrogen-bond donors (Lipinski definition) is 0. The maximum Gasteiger partial charge on any atom is 0.325 e. The van der Waals surface area contributed by atoms with Crippen molar-refractivity contribution in [2.75, 3.05) is 7.11 Å². The third-order valence-corrected chi connectivity index (χ3v) is 5.62. The van der Waals surface area contributed by atoms with Crippen molar-refractivity contribution in [2.24, 2.45) is 5.41 Å². The standard InChI is InChI=1S/C19H13BrO3/c1-23-18(22)19-14(11-7-3-2-4-8-11)16(20)15(19)12-9-5-6-10-13(12)17(19)21/h2-10,15H,1H3/t15-,19-/m1/s1. The van der Waals surface area contributed by atoms with Crippen LogP contribution < -0.4 is 0 Å². The first-order valence-corrected chi connectivity index (χ1v) is 8.11. The normalized spacial score (nSPS) is 24.8. The van der Waals surface area contributed by atoms with Gasteiger partial charge in [-0.1, -0.05) is 70.5 Å². The summed E-state index contributed by atoms with van der Waals surface area (Å²) < 4.78 is 5.93. The van der Waals surface area contributed by atoms with Crippen LogP contribution in [0.1, 0.15) is 27.4 Å². The molecule has 2 atom stereocenters. The second kappa shape index (κ2) is 4.90. The number of Topliss-reactive ketones (excluding diaryl/α,β-unsaturated/α-hetero) is 1. The SMILES string of the molecule is COC(=O)[C@@]12C(=O)c3ccccc3[C@@H]1C(Br)=C2c1ccccc1. The Hall–Kier alpha value is -2.20. The molecule has 0 radical (unpaired) electrons. The minimum Gasteiger partial charge on any atom is -0.468 e. The lowest BCUT2D eigenvalue weighted by atomic mass is 9.59. The third kappa shape index (κ3) is 1.59. The minimum atomic E-state index is -1.27. The van der Waals surface area contributed by atoms with Gasteiger partial charge in [0.15, 0.2) is 11.2 Å². The molecule has 0 aliphatic heterocycles. The van der Waals surface area contributed by atoms with Gasteiger partial charge in [0.1, 0.15) is 0 Å². The Kier molecular flexibility index (Phi) is 3.07. The first kappa shape index (κ1) is 14.4. The maximum absolute atomic E-state index is 13.2. The number of hydrogen-bond acceptors (Lipinski definition) is 3. The largest absolute Gasteiger partial charge is 0.468 e. The van der Waals surface area contributed by atoms with Crippen LogP contribution >= 0.6 is 15.9 Å². The highest BCUT2D eigenvalue weighted by Gasteiger charge is 2.69. The summed E-state index contributed by atoms with van der Waals surface area (Å²) in [5, 5.41) is 0. The summed E-state index contributed by atoms with van der Waals surface area (Å²) in [4.78, 5) is 25.9. The molecule has 0 N–H and O–H groups in total. The number of rotatable bonds is 2. The van der Waals surface area contributed by atoms with Gasteiger partial charge in [0, 0.05) is 16.0 Å². The fraction of sp³-hybridized carbons (Fsp3) is 0.158. The van der Waals surface area contributed by atoms with E-state index in [1.54, 1.807) is 6.07 Å². The van der Waals surface area contributed by atoms with Crippen molar-refractivity contribution in [1.29, 1.82) is 0 Å². The second-order valence-corrected chi connectivity index (χ2v) is 6.59. The zero-order valence-corrected chi connectivity index (χ0v) is 14.0. The summed E-state index contributed by atoms with van der Waals surface area (Å²) in [6.45, 7) is 0. The van der Waals surface area contributed by atoms with Crippen molar-refractivity contribution in [1.82, 2.24) is 0 Å². The first-order chi connectivity index (χ1) is 11.1. The molecule has 2 aliphatic rings. The van der Waals surface area contributed by atoms with E-state index in [0.29, 0.717) is 5.56 Å². The van der Waals surface area contributed by atoms with Crippen molar-refractivity contribution in [3.63, 3.8) is 0 Å². The lowest BCUT2D eigenvalue weighted by molar-refractivity contribution is -0.147. The molecule has 2 aromatic carbocycles. The fourth-order valence-electron chi connectivity index (χ4n) is 3.82. The molecule has 0 unspecified atom stereocenters. The molecule has 0 bridgehead atoms. The van der Waals surface area contributed by atoms with Crippen molar-refractivity contribution >= 4 is 33.3 Å². The van der Waals surface area contributed by atoms with Crippen LogP contribution in [0.2, 0.25) is 0 Å². The Labute approximate surface area is 142 Å². The van der Waals surface area contributed by atoms with E-state index in [1.165, 1.54) is 7.11 Å². The number of carbonyl (C=O) groups is 2. The van der Waals surface area contributed by atoms with Gasteiger partial charge >= 0.3 is 5.97 Å². The molecule has 0 heterocycles. The van der Waals surface area contributed by atoms with Crippen molar-refractivity contribution in [2.45, 2.75) is 5.92 Å². The Balaban J connectivity index is 2.00. The maximum atomic E-state index is 13.2. The van der Waals surface area contributed by atoms with Gasteiger partial charge in [-0.05, 0) is 16.7 Å². The number of ether oxygens (including phenoxy) is 1. The molecule has 3 nitrogen and oxygen atoms in total. The van der Waals surface area contributed by atoms with Crippen LogP contribution in [-0.4, -0.2) is 18.9 Å². The van der Waals surface area contributed by atoms with Crippen molar-refractivity contribution in [3.8, 4) is 0 Å². The quantitative estimate of drug-likeness (QED) is 0.595. The zero-order valence-electron chi connectivity index (χ0n) is 12.4. The number of fused-ring (bicyclic) bond motifs is 3. The molecule has 0 aromatic heterocycles. The van der Waals surface area contributed by atoms with Gasteiger partial charge in [-0.15, -0.1) is 0 Å². The number of benzene rings is 2. The van der Waals surface area contributed by atoms with E-state index < -0.39 is 11.4 Å². The molecule has 4 heteroatoms. The van der Waals surface area contributed by atoms with E-state index in [4.69, 9.17) is 4.74 Å². The summed E-state index contributed by atoms with van der Waals surface area (Å²) in [7, 11) is 1.33. The van der Waals surface area contributed by atoms with Crippen LogP contribution in [0.3, 0.4) is 0 Å². The monoisotopic (exact) mass is 368 g/mol. The summed E-state index contributed by atoms with van der Waals surface area (Å²) in [6.07, 6.45) is 0. The van der Waals surface area contributed by atoms with Crippen LogP contribution in [-0.2, 0) is 9.53 Å². The average molecular weight is 369 g/mol. The highest BCUT2D eigenvalue weighted by Crippen LogP contribution is 2.68. The first-order valence-electron chi connectivity index (χ1n) is 7.31. The van der Waals surface area contributed by atoms with Gasteiger partial charge in [-0.3, -0.25) is 9.59 Å². The molecule has 114 valence electrons. The summed E-state index contributed by atoms with van der Waals surface area (Å²) in [6, 6.07) is 16.9. The van der Waals surface area contributed by atoms with Crippen LogP contribution in [0.5, 0.6) is 0 Å². The molecule has 0 saturated heterocycles. The number of allylic oxidation sites excluding steroid dienone is 1. The molecule has 4 rings (SSSR count). The lowest BCUT2D eigenvalue weighted by Gasteiger charge is -2.43. The predicted octanol–water partition coefficient (Wildman–Crippen LogP) is 3.95. The third-order valence-electron chi connectivity index (χ3n) is 4.76. The number of halogens is 1. The second-order valence-electron chi connectivity index (χ2n) is 5.74. The predicted molar refractivity (Wildman–Crippen MR) is 90.3 cm³/mol. The molecule has 2 aromatic rings. The van der Waals surface area contributed by atoms with E-state index in [1.807, 2.05) is 48.5 Å². The Morgan fingerprint density at radius 3 is 2.43 bits per heavy atom. The van der Waals surface area contributed by atoms with Crippen LogP contribution in [0, 0.1) is 5.41 Å². The van der Waals surface area contributed by atoms with Gasteiger partial charge in [0.25, 0.3) is 0 Å². The van der Waals surface area contributed by atoms with Crippen LogP contribution in [0.4, 0.5) is 0 Å². The van der Waals surface area contributed by atoms with Gasteiger partial charge < -0.3 is 4.74 Å². The topological polar surface area (TPSA) is 43.4 Å². The van der Waals surface area contributed by atoms with Crippen LogP contribution in [0.25, 0.3) is 5.57 Å². The van der Waals surface area contributed by atoms with E-state index in [2.05, 4.69) is 15.9 Å². The number of carbonyl (C=O) groups excluding carboxylic acids is 2. The fourth-order valence-corrected chi connectivity index (χ4v) is 4.95. The van der Waals surface area contributed by atoms with Crippen molar-refractivity contribution in [3.05, 3.63) is 75.8 Å². The number of methoxy groups -OCH3 is 1. The van der Waals surface area contributed by atoms with E-state index in [-0.39, 0.29) is 11.7 Å². The molecule has 23 heavy (non-hydrogen) atoms. The van der Waals surface area contributed by atoms with E-state index >= 15 is 0 Å². The van der Waals surface area contributed by atoms with Crippen molar-refractivity contribution < 1.29 is 14.3 Å². The Morgan fingerprint density at radius 1 is 1.09 bits per heavy atom. The number of esters is 1. The number of ketones is 1. The van der Waals surface area contributed by atoms with Gasteiger partial charge in [-0.2, -0.15) is 0 Å². The molecular weight excluding hydrogens is 356 g/mol. The summed E-state index contributed by atoms with van der Waals surface area (Å²) in [5.41, 5.74) is 1.80. The molecule has 0 fully saturated rings. The summed E-state index contributed by atoms with van der Waals surface area (Å²) in [5.74, 6) is -0.966. The summed E-state index contributed by atoms with van der Waals surface area (Å²) >= 11 is 3.62. The minimum absolute atomic E-state index is 0.174. The van der Waals surface area contributed by atoms with Crippen LogP contribution in [0.15, 0.2) is 59.1 Å². The molecule has 0 saturated carbocycles. The van der Waals surface area contributed by atoms with E-state index in [9.17, 15) is 9.59 Å². The molecule has 2 aliphatic carbocycles. The average Bonchev–Trinajstić information content (AvgIpc) is 2.81. The molecule has 0 spiro atoms. The Bertz CT molecular complexity index is 869. The Morgan fingerprint density at radius 2 is 1.74 bits per heavy atom. The van der Waals surface area contributed by atoms with Gasteiger partial charge in [0.05, 0.1) is 7.11 Å². The van der Waals surface area contributed by atoms with E-state index in [0.717, 1.165) is 21.2 Å². The van der Waals surface area contributed by atoms with Gasteiger partial charge in [-0.25, -0.2) is 0 Å². The molecule has 0 amide bonds. The zero-order chi connectivity index (χ0) is 16.2. The highest BCUT2D eigenvalue weighted by molar-refractivity contribution is 9.12. The smallest absolute Gasteiger partial charge is 0.325 e. The van der Waals surface area contributed by atoms with Gasteiger partial charge in [0.2, 0.25) is 0 Å². The lowest BCUT2D eigenvalue weighted by Crippen LogP contribution is -2.48.